The number of rotatable bonds is 2. The van der Waals surface area contributed by atoms with Crippen molar-refractivity contribution in [3.8, 4) is 0 Å². The van der Waals surface area contributed by atoms with Crippen LogP contribution in [0.4, 0.5) is 10.5 Å². The van der Waals surface area contributed by atoms with Gasteiger partial charge in [0.1, 0.15) is 0 Å². The Kier molecular flexibility index (Phi) is 3.82. The fraction of sp³-hybridized carbons (Fsp3) is 0.500. The Labute approximate surface area is 123 Å². The molecule has 0 bridgehead atoms. The molecular formula is C16H20N2O3. The van der Waals surface area contributed by atoms with Crippen LogP contribution >= 0.6 is 0 Å². The summed E-state index contributed by atoms with van der Waals surface area (Å²) in [5, 5.41) is 12.1. The molecule has 21 heavy (non-hydrogen) atoms. The van der Waals surface area contributed by atoms with Crippen LogP contribution < -0.4 is 10.2 Å². The lowest BCUT2D eigenvalue weighted by molar-refractivity contribution is -0.142. The second-order valence-corrected chi connectivity index (χ2v) is 5.82. The van der Waals surface area contributed by atoms with E-state index in [1.165, 1.54) is 5.56 Å². The molecule has 0 aromatic heterocycles. The van der Waals surface area contributed by atoms with Gasteiger partial charge in [-0.25, -0.2) is 4.79 Å². The van der Waals surface area contributed by atoms with E-state index in [1.807, 2.05) is 24.3 Å². The molecule has 2 aliphatic rings. The van der Waals surface area contributed by atoms with Crippen LogP contribution in [0.5, 0.6) is 0 Å². The monoisotopic (exact) mass is 288 g/mol. The van der Waals surface area contributed by atoms with Crippen LogP contribution in [0.1, 0.15) is 31.2 Å². The maximum Gasteiger partial charge on any atom is 0.322 e. The standard InChI is InChI=1S/C16H20N2O3/c19-15(20)12-7-3-8-13(12)17-16(21)18-10-4-6-11-5-1-2-9-14(11)18/h1-2,5,9,12-13H,3-4,6-8,10H2,(H,17,21)(H,19,20). The van der Waals surface area contributed by atoms with Gasteiger partial charge in [0.2, 0.25) is 0 Å². The number of aryl methyl sites for hydroxylation is 1. The van der Waals surface area contributed by atoms with Crippen molar-refractivity contribution in [3.05, 3.63) is 29.8 Å². The van der Waals surface area contributed by atoms with E-state index in [0.717, 1.165) is 31.4 Å². The number of para-hydroxylation sites is 1. The molecule has 1 heterocycles. The molecule has 5 heteroatoms. The number of aliphatic carboxylic acids is 1. The third-order valence-corrected chi connectivity index (χ3v) is 4.50. The Hall–Kier alpha value is -2.04. The molecule has 1 fully saturated rings. The number of benzene rings is 1. The van der Waals surface area contributed by atoms with Crippen molar-refractivity contribution in [3.63, 3.8) is 0 Å². The van der Waals surface area contributed by atoms with E-state index >= 15 is 0 Å². The molecule has 0 radical (unpaired) electrons. The number of nitrogens with one attached hydrogen (secondary N) is 1. The van der Waals surface area contributed by atoms with Crippen molar-refractivity contribution in [2.24, 2.45) is 5.92 Å². The number of fused-ring (bicyclic) bond motifs is 1. The summed E-state index contributed by atoms with van der Waals surface area (Å²) in [6.07, 6.45) is 4.19. The lowest BCUT2D eigenvalue weighted by Crippen LogP contribution is -2.49. The third-order valence-electron chi connectivity index (χ3n) is 4.50. The minimum atomic E-state index is -0.808. The minimum absolute atomic E-state index is 0.166. The number of urea groups is 1. The van der Waals surface area contributed by atoms with Crippen LogP contribution in [0.15, 0.2) is 24.3 Å². The van der Waals surface area contributed by atoms with Crippen LogP contribution in [-0.4, -0.2) is 29.7 Å². The summed E-state index contributed by atoms with van der Waals surface area (Å²) < 4.78 is 0. The summed E-state index contributed by atoms with van der Waals surface area (Å²) in [6.45, 7) is 0.688. The Morgan fingerprint density at radius 2 is 2.00 bits per heavy atom. The highest BCUT2D eigenvalue weighted by Crippen LogP contribution is 2.29. The maximum atomic E-state index is 12.5. The number of nitrogens with zero attached hydrogens (tertiary/aromatic N) is 1. The van der Waals surface area contributed by atoms with Crippen molar-refractivity contribution >= 4 is 17.7 Å². The second kappa shape index (κ2) is 5.76. The van der Waals surface area contributed by atoms with E-state index in [4.69, 9.17) is 0 Å². The first-order chi connectivity index (χ1) is 10.2. The normalized spacial score (nSPS) is 24.5. The molecule has 0 saturated heterocycles. The molecule has 1 aliphatic carbocycles. The van der Waals surface area contributed by atoms with Crippen molar-refractivity contribution in [1.82, 2.24) is 5.32 Å². The van der Waals surface area contributed by atoms with Crippen molar-refractivity contribution in [1.29, 1.82) is 0 Å². The van der Waals surface area contributed by atoms with Crippen molar-refractivity contribution < 1.29 is 14.7 Å². The first-order valence-corrected chi connectivity index (χ1v) is 7.55. The fourth-order valence-electron chi connectivity index (χ4n) is 3.41. The Bertz CT molecular complexity index is 558. The molecule has 2 amide bonds. The van der Waals surface area contributed by atoms with Crippen LogP contribution in [0, 0.1) is 5.92 Å². The summed E-state index contributed by atoms with van der Waals surface area (Å²) >= 11 is 0. The van der Waals surface area contributed by atoms with Gasteiger partial charge in [-0.15, -0.1) is 0 Å². The molecule has 1 saturated carbocycles. The molecule has 2 N–H and O–H groups in total. The summed E-state index contributed by atoms with van der Waals surface area (Å²) in [5.41, 5.74) is 2.13. The van der Waals surface area contributed by atoms with Crippen LogP contribution in [0.3, 0.4) is 0 Å². The molecule has 0 spiro atoms. The number of carbonyl (C=O) groups excluding carboxylic acids is 1. The third kappa shape index (κ3) is 2.73. The lowest BCUT2D eigenvalue weighted by atomic mass is 10.0. The average Bonchev–Trinajstić information content (AvgIpc) is 2.95. The number of hydrogen-bond acceptors (Lipinski definition) is 2. The number of carboxylic acids is 1. The smallest absolute Gasteiger partial charge is 0.322 e. The van der Waals surface area contributed by atoms with Gasteiger partial charge in [0.15, 0.2) is 0 Å². The van der Waals surface area contributed by atoms with Crippen LogP contribution in [-0.2, 0) is 11.2 Å². The van der Waals surface area contributed by atoms with Gasteiger partial charge in [-0.3, -0.25) is 9.69 Å². The highest BCUT2D eigenvalue weighted by molar-refractivity contribution is 5.93. The molecule has 1 aliphatic heterocycles. The van der Waals surface area contributed by atoms with Gasteiger partial charge in [-0.1, -0.05) is 24.6 Å². The fourth-order valence-corrected chi connectivity index (χ4v) is 3.41. The number of carbonyl (C=O) groups is 2. The number of anilines is 1. The Morgan fingerprint density at radius 3 is 2.81 bits per heavy atom. The summed E-state index contributed by atoms with van der Waals surface area (Å²) in [5.74, 6) is -1.26. The van der Waals surface area contributed by atoms with E-state index in [2.05, 4.69) is 5.32 Å². The highest BCUT2D eigenvalue weighted by Gasteiger charge is 2.35. The highest BCUT2D eigenvalue weighted by atomic mass is 16.4. The van der Waals surface area contributed by atoms with Gasteiger partial charge in [0.25, 0.3) is 0 Å². The molecule has 1 aromatic rings. The molecule has 112 valence electrons. The molecular weight excluding hydrogens is 268 g/mol. The molecule has 1 aromatic carbocycles. The summed E-state index contributed by atoms with van der Waals surface area (Å²) in [7, 11) is 0. The average molecular weight is 288 g/mol. The second-order valence-electron chi connectivity index (χ2n) is 5.82. The first kappa shape index (κ1) is 13.9. The Morgan fingerprint density at radius 1 is 1.19 bits per heavy atom. The molecule has 2 unspecified atom stereocenters. The van der Waals surface area contributed by atoms with Gasteiger partial charge in [-0.05, 0) is 37.3 Å². The van der Waals surface area contributed by atoms with Crippen molar-refractivity contribution in [2.75, 3.05) is 11.4 Å². The number of hydrogen-bond donors (Lipinski definition) is 2. The van der Waals surface area contributed by atoms with Gasteiger partial charge >= 0.3 is 12.0 Å². The zero-order valence-corrected chi connectivity index (χ0v) is 11.9. The summed E-state index contributed by atoms with van der Waals surface area (Å²) in [6, 6.07) is 7.50. The molecule has 5 nitrogen and oxygen atoms in total. The zero-order valence-electron chi connectivity index (χ0n) is 11.9. The minimum Gasteiger partial charge on any atom is -0.481 e. The Balaban J connectivity index is 1.73. The summed E-state index contributed by atoms with van der Waals surface area (Å²) in [4.78, 5) is 25.5. The van der Waals surface area contributed by atoms with E-state index in [-0.39, 0.29) is 12.1 Å². The van der Waals surface area contributed by atoms with E-state index in [1.54, 1.807) is 4.90 Å². The number of amides is 2. The predicted molar refractivity (Wildman–Crippen MR) is 79.4 cm³/mol. The van der Waals surface area contributed by atoms with Crippen molar-refractivity contribution in [2.45, 2.75) is 38.1 Å². The predicted octanol–water partition coefficient (Wildman–Crippen LogP) is 2.40. The van der Waals surface area contributed by atoms with E-state index in [9.17, 15) is 14.7 Å². The molecule has 2 atom stereocenters. The quantitative estimate of drug-likeness (QED) is 0.878. The van der Waals surface area contributed by atoms with Gasteiger partial charge in [0.05, 0.1) is 5.92 Å². The van der Waals surface area contributed by atoms with Gasteiger partial charge in [0, 0.05) is 18.3 Å². The zero-order chi connectivity index (χ0) is 14.8. The van der Waals surface area contributed by atoms with Crippen LogP contribution in [0.2, 0.25) is 0 Å². The SMILES string of the molecule is O=C(O)C1CCCC1NC(=O)N1CCCc2ccccc21. The topological polar surface area (TPSA) is 69.6 Å². The van der Waals surface area contributed by atoms with Crippen LogP contribution in [0.25, 0.3) is 0 Å². The van der Waals surface area contributed by atoms with Gasteiger partial charge < -0.3 is 10.4 Å². The largest absolute Gasteiger partial charge is 0.481 e. The van der Waals surface area contributed by atoms with E-state index in [0.29, 0.717) is 13.0 Å². The van der Waals surface area contributed by atoms with Gasteiger partial charge in [-0.2, -0.15) is 0 Å². The van der Waals surface area contributed by atoms with E-state index < -0.39 is 11.9 Å². The maximum absolute atomic E-state index is 12.5. The first-order valence-electron chi connectivity index (χ1n) is 7.55. The lowest BCUT2D eigenvalue weighted by Gasteiger charge is -2.31. The molecule has 3 rings (SSSR count). The number of carboxylic acid groups (broad SMARTS) is 1.